The molecule has 0 bridgehead atoms. The lowest BCUT2D eigenvalue weighted by atomic mass is 9.78. The van der Waals surface area contributed by atoms with Crippen LogP contribution < -0.4 is 18.9 Å². The van der Waals surface area contributed by atoms with Crippen LogP contribution in [0.2, 0.25) is 0 Å². The van der Waals surface area contributed by atoms with Gasteiger partial charge in [0.1, 0.15) is 11.5 Å². The number of carbonyl (C=O) groups is 2. The van der Waals surface area contributed by atoms with Crippen LogP contribution in [0.5, 0.6) is 23.0 Å². The van der Waals surface area contributed by atoms with Gasteiger partial charge in [0.05, 0.1) is 26.1 Å². The molecule has 8 nitrogen and oxygen atoms in total. The van der Waals surface area contributed by atoms with Gasteiger partial charge in [0, 0.05) is 11.8 Å². The largest absolute Gasteiger partial charge is 0.497 e. The SMILES string of the molecule is CCCOc1ccc2c(c1)[C@@H](c1ccc(OC)cc1CC(=O)O)[C@H](C(=O)O)[C@H]2c1ccc2c(c1)OCO2. The lowest BCUT2D eigenvalue weighted by Gasteiger charge is -2.25. The Morgan fingerprint density at radius 1 is 0.892 bits per heavy atom. The molecule has 3 aromatic carbocycles. The molecule has 0 fully saturated rings. The van der Waals surface area contributed by atoms with Crippen LogP contribution in [0.25, 0.3) is 0 Å². The van der Waals surface area contributed by atoms with E-state index >= 15 is 0 Å². The summed E-state index contributed by atoms with van der Waals surface area (Å²) >= 11 is 0. The fraction of sp³-hybridized carbons (Fsp3) is 0.310. The third kappa shape index (κ3) is 4.55. The Balaban J connectivity index is 1.71. The maximum atomic E-state index is 13.0. The second-order valence-electron chi connectivity index (χ2n) is 9.21. The van der Waals surface area contributed by atoms with E-state index in [1.807, 2.05) is 37.3 Å². The van der Waals surface area contributed by atoms with Crippen molar-refractivity contribution in [1.82, 2.24) is 0 Å². The molecule has 2 N–H and O–H groups in total. The Bertz CT molecular complexity index is 1350. The van der Waals surface area contributed by atoms with Crippen molar-refractivity contribution in [2.24, 2.45) is 5.92 Å². The molecular weight excluding hydrogens is 476 g/mol. The fourth-order valence-corrected chi connectivity index (χ4v) is 5.46. The van der Waals surface area contributed by atoms with Crippen LogP contribution in [-0.4, -0.2) is 42.7 Å². The highest BCUT2D eigenvalue weighted by atomic mass is 16.7. The van der Waals surface area contributed by atoms with Crippen LogP contribution in [0.4, 0.5) is 0 Å². The zero-order valence-corrected chi connectivity index (χ0v) is 20.6. The standard InChI is InChI=1S/C29H28O8/c1-3-10-35-19-6-8-21-22(14-19)27(20-7-5-18(34-2)11-17(20)13-25(30)31)28(29(32)33)26(21)16-4-9-23-24(12-16)37-15-36-23/h4-9,11-12,14,26-28H,3,10,13,15H2,1-2H3,(H,30,31)(H,32,33)/t26-,27+,28+/m0/s1. The Morgan fingerprint density at radius 2 is 1.65 bits per heavy atom. The van der Waals surface area contributed by atoms with Crippen LogP contribution in [0, 0.1) is 5.92 Å². The number of benzene rings is 3. The van der Waals surface area contributed by atoms with E-state index in [-0.39, 0.29) is 13.2 Å². The van der Waals surface area contributed by atoms with Crippen LogP contribution in [0.15, 0.2) is 54.6 Å². The maximum Gasteiger partial charge on any atom is 0.308 e. The van der Waals surface area contributed by atoms with Crippen LogP contribution in [0.1, 0.15) is 53.0 Å². The third-order valence-corrected chi connectivity index (χ3v) is 6.99. The molecule has 3 atom stereocenters. The molecule has 0 amide bonds. The van der Waals surface area contributed by atoms with E-state index < -0.39 is 29.7 Å². The summed E-state index contributed by atoms with van der Waals surface area (Å²) in [6.45, 7) is 2.67. The van der Waals surface area contributed by atoms with Gasteiger partial charge in [-0.05, 0) is 70.6 Å². The van der Waals surface area contributed by atoms with Gasteiger partial charge in [0.2, 0.25) is 6.79 Å². The summed E-state index contributed by atoms with van der Waals surface area (Å²) in [6.07, 6.45) is 0.574. The average Bonchev–Trinajstić information content (AvgIpc) is 3.48. The number of carboxylic acids is 2. The quantitative estimate of drug-likeness (QED) is 0.427. The number of ether oxygens (including phenoxy) is 4. The minimum absolute atomic E-state index is 0.119. The molecule has 5 rings (SSSR count). The lowest BCUT2D eigenvalue weighted by molar-refractivity contribution is -0.142. The van der Waals surface area contributed by atoms with Gasteiger partial charge >= 0.3 is 11.9 Å². The van der Waals surface area contributed by atoms with Crippen molar-refractivity contribution >= 4 is 11.9 Å². The average molecular weight is 505 g/mol. The Hall–Kier alpha value is -4.20. The zero-order chi connectivity index (χ0) is 26.1. The number of hydrogen-bond donors (Lipinski definition) is 2. The van der Waals surface area contributed by atoms with Crippen molar-refractivity contribution < 1.29 is 38.7 Å². The summed E-state index contributed by atoms with van der Waals surface area (Å²) in [4.78, 5) is 24.7. The molecule has 2 aliphatic rings. The minimum atomic E-state index is -1.01. The Morgan fingerprint density at radius 3 is 2.38 bits per heavy atom. The van der Waals surface area contributed by atoms with Crippen molar-refractivity contribution in [2.45, 2.75) is 31.6 Å². The number of hydrogen-bond acceptors (Lipinski definition) is 6. The van der Waals surface area contributed by atoms with E-state index in [1.54, 1.807) is 24.3 Å². The Labute approximate surface area is 214 Å². The first-order chi connectivity index (χ1) is 17.9. The van der Waals surface area contributed by atoms with E-state index in [4.69, 9.17) is 18.9 Å². The van der Waals surface area contributed by atoms with E-state index in [2.05, 4.69) is 0 Å². The first-order valence-corrected chi connectivity index (χ1v) is 12.2. The molecule has 8 heteroatoms. The van der Waals surface area contributed by atoms with Gasteiger partial charge < -0.3 is 29.2 Å². The van der Waals surface area contributed by atoms with Gasteiger partial charge in [-0.15, -0.1) is 0 Å². The number of carboxylic acid groups (broad SMARTS) is 2. The van der Waals surface area contributed by atoms with Gasteiger partial charge in [0.25, 0.3) is 0 Å². The van der Waals surface area contributed by atoms with Crippen molar-refractivity contribution in [3.63, 3.8) is 0 Å². The first-order valence-electron chi connectivity index (χ1n) is 12.2. The number of aliphatic carboxylic acids is 2. The lowest BCUT2D eigenvalue weighted by Crippen LogP contribution is -2.25. The van der Waals surface area contributed by atoms with Gasteiger partial charge in [-0.2, -0.15) is 0 Å². The van der Waals surface area contributed by atoms with Gasteiger partial charge in [-0.1, -0.05) is 25.1 Å². The van der Waals surface area contributed by atoms with E-state index in [9.17, 15) is 19.8 Å². The third-order valence-electron chi connectivity index (χ3n) is 6.99. The molecule has 192 valence electrons. The van der Waals surface area contributed by atoms with Crippen molar-refractivity contribution in [3.05, 3.63) is 82.4 Å². The predicted molar refractivity (Wildman–Crippen MR) is 134 cm³/mol. The smallest absolute Gasteiger partial charge is 0.308 e. The Kier molecular flexibility index (Phi) is 6.65. The molecule has 0 saturated carbocycles. The summed E-state index contributed by atoms with van der Waals surface area (Å²) in [7, 11) is 1.51. The number of fused-ring (bicyclic) bond motifs is 2. The maximum absolute atomic E-state index is 13.0. The molecule has 1 heterocycles. The van der Waals surface area contributed by atoms with Crippen molar-refractivity contribution in [2.75, 3.05) is 20.5 Å². The molecule has 3 aromatic rings. The normalized spacial score (nSPS) is 19.4. The molecule has 37 heavy (non-hydrogen) atoms. The number of methoxy groups -OCH3 is 1. The molecular formula is C29H28O8. The minimum Gasteiger partial charge on any atom is -0.497 e. The van der Waals surface area contributed by atoms with Crippen LogP contribution in [-0.2, 0) is 16.0 Å². The molecule has 0 saturated heterocycles. The second kappa shape index (κ2) is 10.0. The summed E-state index contributed by atoms with van der Waals surface area (Å²) in [6, 6.07) is 16.4. The topological polar surface area (TPSA) is 112 Å². The molecule has 0 aromatic heterocycles. The van der Waals surface area contributed by atoms with Crippen molar-refractivity contribution in [3.8, 4) is 23.0 Å². The zero-order valence-electron chi connectivity index (χ0n) is 20.6. The van der Waals surface area contributed by atoms with Crippen LogP contribution in [0.3, 0.4) is 0 Å². The molecule has 0 unspecified atom stereocenters. The van der Waals surface area contributed by atoms with Gasteiger partial charge in [-0.3, -0.25) is 9.59 Å². The highest BCUT2D eigenvalue weighted by Crippen LogP contribution is 2.55. The summed E-state index contributed by atoms with van der Waals surface area (Å²) in [5, 5.41) is 20.2. The second-order valence-corrected chi connectivity index (χ2v) is 9.21. The summed E-state index contributed by atoms with van der Waals surface area (Å²) in [5.41, 5.74) is 3.61. The molecule has 1 aliphatic carbocycles. The van der Waals surface area contributed by atoms with E-state index in [0.717, 1.165) is 23.1 Å². The number of rotatable bonds is 9. The van der Waals surface area contributed by atoms with E-state index in [0.29, 0.717) is 40.7 Å². The molecule has 0 radical (unpaired) electrons. The van der Waals surface area contributed by atoms with Gasteiger partial charge in [-0.25, -0.2) is 0 Å². The van der Waals surface area contributed by atoms with Gasteiger partial charge in [0.15, 0.2) is 11.5 Å². The van der Waals surface area contributed by atoms with E-state index in [1.165, 1.54) is 7.11 Å². The first kappa shape index (κ1) is 24.5. The van der Waals surface area contributed by atoms with Crippen molar-refractivity contribution in [1.29, 1.82) is 0 Å². The molecule has 1 aliphatic heterocycles. The summed E-state index contributed by atoms with van der Waals surface area (Å²) in [5.74, 6) is -1.62. The highest BCUT2D eigenvalue weighted by Gasteiger charge is 2.47. The molecule has 0 spiro atoms. The fourth-order valence-electron chi connectivity index (χ4n) is 5.46. The highest BCUT2D eigenvalue weighted by molar-refractivity contribution is 5.79. The van der Waals surface area contributed by atoms with Crippen LogP contribution >= 0.6 is 0 Å². The monoisotopic (exact) mass is 504 g/mol. The summed E-state index contributed by atoms with van der Waals surface area (Å²) < 4.78 is 22.3. The predicted octanol–water partition coefficient (Wildman–Crippen LogP) is 4.82.